The Balaban J connectivity index is 1.49. The van der Waals surface area contributed by atoms with Gasteiger partial charge in [0.25, 0.3) is 5.91 Å². The second-order valence-corrected chi connectivity index (χ2v) is 7.85. The first-order valence-electron chi connectivity index (χ1n) is 11.6. The van der Waals surface area contributed by atoms with Crippen LogP contribution in [0.1, 0.15) is 22.8 Å². The normalized spacial score (nSPS) is 10.8. The van der Waals surface area contributed by atoms with Gasteiger partial charge in [0, 0.05) is 11.6 Å². The molecule has 0 aliphatic carbocycles. The number of nitrogens with zero attached hydrogens (tertiary/aromatic N) is 2. The fourth-order valence-electron chi connectivity index (χ4n) is 3.58. The summed E-state index contributed by atoms with van der Waals surface area (Å²) in [5, 5.41) is 16.7. The van der Waals surface area contributed by atoms with Crippen LogP contribution in [0.3, 0.4) is 0 Å². The Kier molecular flexibility index (Phi) is 8.25. The van der Waals surface area contributed by atoms with Gasteiger partial charge in [0.1, 0.15) is 11.5 Å². The fraction of sp³-hybridized carbons (Fsp3) is 0.107. The molecule has 0 atom stereocenters. The first-order valence-corrected chi connectivity index (χ1v) is 11.6. The number of hydrazone groups is 1. The minimum absolute atomic E-state index is 0.0332. The predicted octanol–water partition coefficient (Wildman–Crippen LogP) is 4.90. The minimum Gasteiger partial charge on any atom is -0.494 e. The highest BCUT2D eigenvalue weighted by Crippen LogP contribution is 2.28. The zero-order valence-electron chi connectivity index (χ0n) is 20.3. The number of hydrogen-bond donors (Lipinski definition) is 1. The first-order chi connectivity index (χ1) is 18.5. The number of amides is 1. The van der Waals surface area contributed by atoms with Gasteiger partial charge in [-0.1, -0.05) is 42.5 Å². The summed E-state index contributed by atoms with van der Waals surface area (Å²) in [5.74, 6) is -0.345. The molecule has 0 aliphatic rings. The number of esters is 1. The number of carbonyl (C=O) groups excluding carboxylic acids is 2. The van der Waals surface area contributed by atoms with Crippen LogP contribution in [0.2, 0.25) is 0 Å². The Bertz CT molecular complexity index is 1500. The molecule has 4 aromatic carbocycles. The molecular weight excluding hydrogens is 490 g/mol. The maximum atomic E-state index is 12.8. The third kappa shape index (κ3) is 6.30. The summed E-state index contributed by atoms with van der Waals surface area (Å²) in [6, 6.07) is 23.2. The Morgan fingerprint density at radius 2 is 1.66 bits per heavy atom. The zero-order valence-corrected chi connectivity index (χ0v) is 20.3. The monoisotopic (exact) mass is 513 g/mol. The molecule has 0 saturated carbocycles. The average molecular weight is 514 g/mol. The lowest BCUT2D eigenvalue weighted by atomic mass is 10.0. The van der Waals surface area contributed by atoms with E-state index in [-0.39, 0.29) is 17.2 Å². The smallest absolute Gasteiger partial charge is 0.343 e. The van der Waals surface area contributed by atoms with Crippen LogP contribution in [-0.4, -0.2) is 36.2 Å². The summed E-state index contributed by atoms with van der Waals surface area (Å²) in [4.78, 5) is 35.6. The van der Waals surface area contributed by atoms with E-state index < -0.39 is 23.4 Å². The number of fused-ring (bicyclic) bond motifs is 1. The summed E-state index contributed by atoms with van der Waals surface area (Å²) in [7, 11) is 0. The quantitative estimate of drug-likeness (QED) is 0.105. The summed E-state index contributed by atoms with van der Waals surface area (Å²) in [6.45, 7) is 1.89. The second kappa shape index (κ2) is 12.1. The van der Waals surface area contributed by atoms with Crippen molar-refractivity contribution in [3.63, 3.8) is 0 Å². The summed E-state index contributed by atoms with van der Waals surface area (Å²) < 4.78 is 16.3. The molecule has 0 fully saturated rings. The number of benzene rings is 4. The molecule has 4 aromatic rings. The van der Waals surface area contributed by atoms with Crippen molar-refractivity contribution in [1.29, 1.82) is 0 Å². The van der Waals surface area contributed by atoms with Crippen LogP contribution < -0.4 is 19.6 Å². The van der Waals surface area contributed by atoms with Gasteiger partial charge in [-0.15, -0.1) is 0 Å². The van der Waals surface area contributed by atoms with E-state index in [1.807, 2.05) is 37.3 Å². The standard InChI is InChI=1S/C28H23N3O7/c1-2-36-21-14-11-20(12-15-21)28(33)38-25-16-13-19-7-3-4-8-22(19)23(25)17-29-30-27(32)18-37-26-10-6-5-9-24(26)31(34)35/h3-17H,2,18H2,1H3,(H,30,32)/b29-17+. The highest BCUT2D eigenvalue weighted by molar-refractivity contribution is 6.04. The largest absolute Gasteiger partial charge is 0.494 e. The number of rotatable bonds is 10. The Morgan fingerprint density at radius 1 is 0.921 bits per heavy atom. The number of nitro benzene ring substituents is 1. The summed E-state index contributed by atoms with van der Waals surface area (Å²) in [6.07, 6.45) is 1.37. The average Bonchev–Trinajstić information content (AvgIpc) is 2.93. The maximum absolute atomic E-state index is 12.8. The van der Waals surface area contributed by atoms with Crippen molar-refractivity contribution in [2.75, 3.05) is 13.2 Å². The Morgan fingerprint density at radius 3 is 2.42 bits per heavy atom. The molecule has 4 rings (SSSR count). The van der Waals surface area contributed by atoms with Crippen molar-refractivity contribution in [1.82, 2.24) is 5.43 Å². The van der Waals surface area contributed by atoms with Crippen molar-refractivity contribution in [2.45, 2.75) is 6.92 Å². The van der Waals surface area contributed by atoms with E-state index in [0.717, 1.165) is 10.8 Å². The van der Waals surface area contributed by atoms with E-state index >= 15 is 0 Å². The van der Waals surface area contributed by atoms with Crippen LogP contribution >= 0.6 is 0 Å². The van der Waals surface area contributed by atoms with Crippen LogP contribution in [0.5, 0.6) is 17.2 Å². The fourth-order valence-corrected chi connectivity index (χ4v) is 3.58. The lowest BCUT2D eigenvalue weighted by molar-refractivity contribution is -0.385. The van der Waals surface area contributed by atoms with Crippen molar-refractivity contribution < 1.29 is 28.7 Å². The van der Waals surface area contributed by atoms with Crippen LogP contribution in [0.15, 0.2) is 90.0 Å². The molecule has 0 unspecified atom stereocenters. The van der Waals surface area contributed by atoms with Gasteiger partial charge in [0.05, 0.1) is 23.3 Å². The van der Waals surface area contributed by atoms with Crippen molar-refractivity contribution in [3.05, 3.63) is 106 Å². The molecule has 0 radical (unpaired) electrons. The van der Waals surface area contributed by atoms with Crippen LogP contribution in [0.4, 0.5) is 5.69 Å². The number of ether oxygens (including phenoxy) is 3. The van der Waals surface area contributed by atoms with Gasteiger partial charge in [0.2, 0.25) is 0 Å². The molecule has 38 heavy (non-hydrogen) atoms. The number of nitrogens with one attached hydrogen (secondary N) is 1. The predicted molar refractivity (Wildman–Crippen MR) is 141 cm³/mol. The molecule has 1 amide bonds. The van der Waals surface area contributed by atoms with Gasteiger partial charge in [-0.2, -0.15) is 5.10 Å². The topological polar surface area (TPSA) is 129 Å². The van der Waals surface area contributed by atoms with Gasteiger partial charge >= 0.3 is 11.7 Å². The number of para-hydroxylation sites is 2. The van der Waals surface area contributed by atoms with Gasteiger partial charge in [-0.3, -0.25) is 14.9 Å². The van der Waals surface area contributed by atoms with E-state index in [0.29, 0.717) is 23.5 Å². The Hall–Kier alpha value is -5.25. The van der Waals surface area contributed by atoms with Crippen molar-refractivity contribution >= 4 is 34.6 Å². The minimum atomic E-state index is -0.632. The van der Waals surface area contributed by atoms with Gasteiger partial charge in [-0.25, -0.2) is 10.2 Å². The van der Waals surface area contributed by atoms with Crippen molar-refractivity contribution in [3.8, 4) is 17.2 Å². The molecule has 0 saturated heterocycles. The third-order valence-corrected chi connectivity index (χ3v) is 5.34. The number of hydrogen-bond acceptors (Lipinski definition) is 8. The molecule has 10 nitrogen and oxygen atoms in total. The molecule has 10 heteroatoms. The molecule has 0 bridgehead atoms. The van der Waals surface area contributed by atoms with Gasteiger partial charge in [0.15, 0.2) is 12.4 Å². The van der Waals surface area contributed by atoms with E-state index in [1.165, 1.54) is 24.4 Å². The van der Waals surface area contributed by atoms with E-state index in [9.17, 15) is 19.7 Å². The van der Waals surface area contributed by atoms with Crippen LogP contribution in [0.25, 0.3) is 10.8 Å². The summed E-state index contributed by atoms with van der Waals surface area (Å²) in [5.41, 5.74) is 2.89. The molecular formula is C28H23N3O7. The maximum Gasteiger partial charge on any atom is 0.343 e. The molecule has 0 aromatic heterocycles. The third-order valence-electron chi connectivity index (χ3n) is 5.34. The van der Waals surface area contributed by atoms with E-state index in [2.05, 4.69) is 10.5 Å². The number of nitro groups is 1. The van der Waals surface area contributed by atoms with Crippen LogP contribution in [0, 0.1) is 10.1 Å². The van der Waals surface area contributed by atoms with Crippen LogP contribution in [-0.2, 0) is 4.79 Å². The molecule has 0 spiro atoms. The number of carbonyl (C=O) groups is 2. The van der Waals surface area contributed by atoms with E-state index in [4.69, 9.17) is 14.2 Å². The summed E-state index contributed by atoms with van der Waals surface area (Å²) >= 11 is 0. The zero-order chi connectivity index (χ0) is 26.9. The Labute approximate surface area is 217 Å². The van der Waals surface area contributed by atoms with Gasteiger partial charge < -0.3 is 14.2 Å². The SMILES string of the molecule is CCOc1ccc(C(=O)Oc2ccc3ccccc3c2/C=N/NC(=O)COc2ccccc2[N+](=O)[O-])cc1. The van der Waals surface area contributed by atoms with Gasteiger partial charge in [-0.05, 0) is 54.1 Å². The molecule has 0 aliphatic heterocycles. The molecule has 1 N–H and O–H groups in total. The molecule has 0 heterocycles. The lowest BCUT2D eigenvalue weighted by Gasteiger charge is -2.11. The second-order valence-electron chi connectivity index (χ2n) is 7.85. The van der Waals surface area contributed by atoms with Crippen molar-refractivity contribution in [2.24, 2.45) is 5.10 Å². The first kappa shape index (κ1) is 25.8. The van der Waals surface area contributed by atoms with E-state index in [1.54, 1.807) is 36.4 Å². The highest BCUT2D eigenvalue weighted by atomic mass is 16.6. The molecule has 192 valence electrons. The lowest BCUT2D eigenvalue weighted by Crippen LogP contribution is -2.24. The highest BCUT2D eigenvalue weighted by Gasteiger charge is 2.16.